The minimum Gasteiger partial charge on any atom is -0.611 e. The van der Waals surface area contributed by atoms with Crippen molar-refractivity contribution in [1.82, 2.24) is 4.57 Å². The third-order valence-electron chi connectivity index (χ3n) is 7.39. The largest absolute Gasteiger partial charge is 0.611 e. The topological polar surface area (TPSA) is 84.8 Å². The molecule has 1 heterocycles. The highest BCUT2D eigenvalue weighted by molar-refractivity contribution is 7.90. The second-order valence-electron chi connectivity index (χ2n) is 10.8. The van der Waals surface area contributed by atoms with Gasteiger partial charge in [-0.25, -0.2) is 0 Å². The Morgan fingerprint density at radius 2 is 1.69 bits per heavy atom. The van der Waals surface area contributed by atoms with Crippen LogP contribution in [-0.2, 0) is 33.0 Å². The van der Waals surface area contributed by atoms with Crippen molar-refractivity contribution in [3.8, 4) is 22.6 Å². The van der Waals surface area contributed by atoms with E-state index in [0.717, 1.165) is 71.0 Å². The maximum Gasteiger partial charge on any atom is 0.248 e. The fraction of sp³-hybridized carbons (Fsp3) is 0.324. The number of anilines is 1. The Hall–Kier alpha value is -3.98. The van der Waals surface area contributed by atoms with Crippen LogP contribution in [0.2, 0.25) is 0 Å². The summed E-state index contributed by atoms with van der Waals surface area (Å²) in [6, 6.07) is 23.0. The summed E-state index contributed by atoms with van der Waals surface area (Å²) in [5.74, 6) is 1.64. The van der Waals surface area contributed by atoms with E-state index in [2.05, 4.69) is 42.9 Å². The summed E-state index contributed by atoms with van der Waals surface area (Å²) >= 11 is -1.19. The van der Waals surface area contributed by atoms with Crippen molar-refractivity contribution in [2.24, 2.45) is 0 Å². The van der Waals surface area contributed by atoms with Gasteiger partial charge in [0.25, 0.3) is 0 Å². The summed E-state index contributed by atoms with van der Waals surface area (Å²) in [5.41, 5.74) is 5.68. The van der Waals surface area contributed by atoms with E-state index in [4.69, 9.17) is 14.2 Å². The van der Waals surface area contributed by atoms with Gasteiger partial charge in [0.2, 0.25) is 5.91 Å². The summed E-state index contributed by atoms with van der Waals surface area (Å²) in [7, 11) is 1.61. The molecule has 3 aromatic carbocycles. The second-order valence-corrected chi connectivity index (χ2v) is 12.2. The highest BCUT2D eigenvalue weighted by Crippen LogP contribution is 2.29. The number of methoxy groups -OCH3 is 1. The van der Waals surface area contributed by atoms with Crippen molar-refractivity contribution >= 4 is 28.8 Å². The quantitative estimate of drug-likeness (QED) is 0.0727. The Bertz CT molecular complexity index is 1530. The molecule has 8 heteroatoms. The number of hydrogen-bond acceptors (Lipinski definition) is 5. The van der Waals surface area contributed by atoms with Crippen LogP contribution < -0.4 is 14.8 Å². The molecule has 1 atom stereocenters. The Labute approximate surface area is 270 Å². The molecule has 0 aliphatic rings. The lowest BCUT2D eigenvalue weighted by Gasteiger charge is -2.14. The van der Waals surface area contributed by atoms with Gasteiger partial charge in [0.05, 0.1) is 19.4 Å². The SMILES string of the molecule is CCCCOCCOc1ccc(-c2ccc(OC)c(/C=C/C(=O)Nc3ccc([S@+]([O-])Cc4c(C)ccn4CCC)cc3)c2)cc1. The Morgan fingerprint density at radius 1 is 0.933 bits per heavy atom. The number of nitrogens with one attached hydrogen (secondary N) is 1. The van der Waals surface area contributed by atoms with Gasteiger partial charge in [-0.15, -0.1) is 0 Å². The average molecular weight is 629 g/mol. The van der Waals surface area contributed by atoms with E-state index in [-0.39, 0.29) is 5.91 Å². The Balaban J connectivity index is 1.34. The van der Waals surface area contributed by atoms with Gasteiger partial charge >= 0.3 is 0 Å². The van der Waals surface area contributed by atoms with E-state index in [1.54, 1.807) is 25.3 Å². The first kappa shape index (κ1) is 33.9. The van der Waals surface area contributed by atoms with E-state index < -0.39 is 11.2 Å². The first-order valence-electron chi connectivity index (χ1n) is 15.5. The molecule has 1 amide bonds. The van der Waals surface area contributed by atoms with Gasteiger partial charge in [-0.2, -0.15) is 0 Å². The first-order valence-corrected chi connectivity index (χ1v) is 16.8. The maximum absolute atomic E-state index is 13.1. The number of hydrogen-bond donors (Lipinski definition) is 1. The fourth-order valence-electron chi connectivity index (χ4n) is 4.86. The lowest BCUT2D eigenvalue weighted by atomic mass is 10.0. The Morgan fingerprint density at radius 3 is 2.40 bits per heavy atom. The number of amides is 1. The molecular weight excluding hydrogens is 584 g/mol. The number of carbonyl (C=O) groups excluding carboxylic acids is 1. The molecule has 0 radical (unpaired) electrons. The molecule has 1 aromatic heterocycles. The first-order chi connectivity index (χ1) is 21.9. The summed E-state index contributed by atoms with van der Waals surface area (Å²) in [4.78, 5) is 13.5. The van der Waals surface area contributed by atoms with Crippen LogP contribution in [0.25, 0.3) is 17.2 Å². The predicted octanol–water partition coefficient (Wildman–Crippen LogP) is 8.04. The van der Waals surface area contributed by atoms with E-state index in [1.807, 2.05) is 54.6 Å². The van der Waals surface area contributed by atoms with Crippen molar-refractivity contribution in [1.29, 1.82) is 0 Å². The zero-order chi connectivity index (χ0) is 32.0. The van der Waals surface area contributed by atoms with E-state index in [0.29, 0.717) is 30.4 Å². The number of benzene rings is 3. The van der Waals surface area contributed by atoms with Crippen LogP contribution >= 0.6 is 0 Å². The molecule has 0 bridgehead atoms. The summed E-state index contributed by atoms with van der Waals surface area (Å²) in [6.07, 6.45) is 8.49. The summed E-state index contributed by atoms with van der Waals surface area (Å²) in [5, 5.41) is 2.89. The highest BCUT2D eigenvalue weighted by Gasteiger charge is 2.17. The molecule has 4 aromatic rings. The maximum atomic E-state index is 13.1. The number of carbonyl (C=O) groups is 1. The molecule has 4 rings (SSSR count). The molecule has 0 fully saturated rings. The van der Waals surface area contributed by atoms with Crippen molar-refractivity contribution in [2.45, 2.75) is 57.2 Å². The number of rotatable bonds is 17. The van der Waals surface area contributed by atoms with Crippen LogP contribution in [0.1, 0.15) is 49.9 Å². The molecule has 0 aliphatic heterocycles. The third-order valence-corrected chi connectivity index (χ3v) is 8.73. The van der Waals surface area contributed by atoms with Crippen molar-refractivity contribution in [3.63, 3.8) is 0 Å². The lowest BCUT2D eigenvalue weighted by molar-refractivity contribution is -0.111. The smallest absolute Gasteiger partial charge is 0.248 e. The van der Waals surface area contributed by atoms with Crippen LogP contribution in [0, 0.1) is 6.92 Å². The summed E-state index contributed by atoms with van der Waals surface area (Å²) in [6.45, 7) is 9.09. The van der Waals surface area contributed by atoms with E-state index in [9.17, 15) is 9.35 Å². The zero-order valence-corrected chi connectivity index (χ0v) is 27.5. The minimum atomic E-state index is -1.19. The normalized spacial score (nSPS) is 11.9. The predicted molar refractivity (Wildman–Crippen MR) is 183 cm³/mol. The number of ether oxygens (including phenoxy) is 3. The third kappa shape index (κ3) is 10.0. The molecule has 7 nitrogen and oxygen atoms in total. The standard InChI is InChI=1S/C37H44N2O5S/c1-5-7-23-43-24-25-44-33-14-8-29(9-15-33)30-10-18-36(42-4)31(26-30)11-19-37(40)38-32-12-16-34(17-13-32)45(41)27-35-28(3)20-22-39(35)21-6-2/h8-20,22,26H,5-7,21,23-25,27H2,1-4H3,(H,38,40)/b19-11+/t45-/m1/s1. The van der Waals surface area contributed by atoms with Crippen LogP contribution in [0.5, 0.6) is 11.5 Å². The van der Waals surface area contributed by atoms with Gasteiger partial charge in [0, 0.05) is 36.7 Å². The van der Waals surface area contributed by atoms with Gasteiger partial charge in [-0.3, -0.25) is 4.79 Å². The Kier molecular flexibility index (Phi) is 13.2. The molecule has 0 aliphatic carbocycles. The van der Waals surface area contributed by atoms with E-state index >= 15 is 0 Å². The van der Waals surface area contributed by atoms with Gasteiger partial charge in [-0.1, -0.05) is 38.5 Å². The van der Waals surface area contributed by atoms with Gasteiger partial charge in [-0.05, 0) is 108 Å². The highest BCUT2D eigenvalue weighted by atomic mass is 32.2. The molecule has 0 spiro atoms. The fourth-order valence-corrected chi connectivity index (χ4v) is 6.11. The monoisotopic (exact) mass is 628 g/mol. The molecule has 0 saturated heterocycles. The van der Waals surface area contributed by atoms with Gasteiger partial charge in [0.15, 0.2) is 10.6 Å². The number of nitrogens with zero attached hydrogens (tertiary/aromatic N) is 1. The van der Waals surface area contributed by atoms with Crippen molar-refractivity contribution < 1.29 is 23.6 Å². The molecule has 0 saturated carbocycles. The number of aryl methyl sites for hydroxylation is 2. The second kappa shape index (κ2) is 17.5. The van der Waals surface area contributed by atoms with Crippen LogP contribution in [0.4, 0.5) is 5.69 Å². The van der Waals surface area contributed by atoms with Crippen LogP contribution in [0.3, 0.4) is 0 Å². The zero-order valence-electron chi connectivity index (χ0n) is 26.7. The van der Waals surface area contributed by atoms with Crippen molar-refractivity contribution in [3.05, 3.63) is 102 Å². The van der Waals surface area contributed by atoms with Crippen molar-refractivity contribution in [2.75, 3.05) is 32.2 Å². The molecule has 45 heavy (non-hydrogen) atoms. The average Bonchev–Trinajstić information content (AvgIpc) is 3.40. The van der Waals surface area contributed by atoms with Crippen LogP contribution in [-0.4, -0.2) is 42.0 Å². The molecule has 0 unspecified atom stereocenters. The van der Waals surface area contributed by atoms with Crippen LogP contribution in [0.15, 0.2) is 90.0 Å². The minimum absolute atomic E-state index is 0.274. The summed E-state index contributed by atoms with van der Waals surface area (Å²) < 4.78 is 32.1. The van der Waals surface area contributed by atoms with E-state index in [1.165, 1.54) is 6.08 Å². The lowest BCUT2D eigenvalue weighted by Crippen LogP contribution is -2.11. The molecule has 1 N–H and O–H groups in total. The van der Waals surface area contributed by atoms with Gasteiger partial charge < -0.3 is 28.6 Å². The van der Waals surface area contributed by atoms with Gasteiger partial charge in [0.1, 0.15) is 18.1 Å². The molecule has 238 valence electrons. The number of aromatic nitrogens is 1. The molecular formula is C37H44N2O5S. The number of unbranched alkanes of at least 4 members (excludes halogenated alkanes) is 1.